The summed E-state index contributed by atoms with van der Waals surface area (Å²) >= 11 is 0. The smallest absolute Gasteiger partial charge is 0.307 e. The van der Waals surface area contributed by atoms with E-state index in [1.54, 1.807) is 13.0 Å². The van der Waals surface area contributed by atoms with E-state index in [9.17, 15) is 18.7 Å². The van der Waals surface area contributed by atoms with Crippen molar-refractivity contribution in [2.45, 2.75) is 20.0 Å². The van der Waals surface area contributed by atoms with E-state index in [0.717, 1.165) is 22.9 Å². The molecule has 0 amide bonds. The highest BCUT2D eigenvalue weighted by Crippen LogP contribution is 2.45. The summed E-state index contributed by atoms with van der Waals surface area (Å²) in [5.74, 6) is -1.72. The van der Waals surface area contributed by atoms with Crippen LogP contribution in [0.25, 0.3) is 17.2 Å². The van der Waals surface area contributed by atoms with Gasteiger partial charge in [-0.25, -0.2) is 8.78 Å². The minimum absolute atomic E-state index is 0.237. The van der Waals surface area contributed by atoms with Crippen LogP contribution in [-0.2, 0) is 11.4 Å². The van der Waals surface area contributed by atoms with Crippen molar-refractivity contribution in [1.29, 1.82) is 0 Å². The summed E-state index contributed by atoms with van der Waals surface area (Å²) in [6.07, 6.45) is 1.50. The fourth-order valence-corrected chi connectivity index (χ4v) is 3.82. The average molecular weight is 418 g/mol. The predicted molar refractivity (Wildman–Crippen MR) is 116 cm³/mol. The Morgan fingerprint density at radius 2 is 1.81 bits per heavy atom. The third-order valence-corrected chi connectivity index (χ3v) is 5.24. The molecule has 3 nitrogen and oxygen atoms in total. The molecule has 0 saturated carbocycles. The van der Waals surface area contributed by atoms with E-state index in [0.29, 0.717) is 28.9 Å². The highest BCUT2D eigenvalue weighted by Gasteiger charge is 2.28. The minimum atomic E-state index is -1.05. The van der Waals surface area contributed by atoms with Gasteiger partial charge in [-0.2, -0.15) is 0 Å². The summed E-state index contributed by atoms with van der Waals surface area (Å²) in [5, 5.41) is 9.27. The summed E-state index contributed by atoms with van der Waals surface area (Å²) in [7, 11) is 0. The third-order valence-electron chi connectivity index (χ3n) is 5.24. The van der Waals surface area contributed by atoms with Gasteiger partial charge >= 0.3 is 5.97 Å². The molecule has 0 radical (unpaired) electrons. The Kier molecular flexibility index (Phi) is 5.67. The molecule has 0 bridgehead atoms. The molecule has 0 saturated heterocycles. The number of carboxylic acid groups (broad SMARTS) is 1. The number of hydrogen-bond acceptors (Lipinski definition) is 2. The van der Waals surface area contributed by atoms with Gasteiger partial charge in [-0.3, -0.25) is 4.79 Å². The fourth-order valence-electron chi connectivity index (χ4n) is 3.82. The van der Waals surface area contributed by atoms with Crippen LogP contribution in [0.15, 0.2) is 72.3 Å². The van der Waals surface area contributed by atoms with E-state index in [-0.39, 0.29) is 12.0 Å². The Morgan fingerprint density at radius 3 is 2.55 bits per heavy atom. The first kappa shape index (κ1) is 20.5. The number of ether oxygens (including phenoxy) is 1. The number of carbonyl (C=O) groups is 1. The van der Waals surface area contributed by atoms with Crippen molar-refractivity contribution >= 4 is 23.2 Å². The Morgan fingerprint density at radius 1 is 1.03 bits per heavy atom. The van der Waals surface area contributed by atoms with Crippen molar-refractivity contribution in [3.63, 3.8) is 0 Å². The molecule has 0 aromatic heterocycles. The number of aliphatic carboxylic acids is 1. The molecule has 0 unspecified atom stereocenters. The second kappa shape index (κ2) is 8.56. The zero-order valence-electron chi connectivity index (χ0n) is 16.9. The molecule has 1 aliphatic rings. The van der Waals surface area contributed by atoms with E-state index >= 15 is 0 Å². The molecule has 1 N–H and O–H groups in total. The molecule has 0 aliphatic heterocycles. The van der Waals surface area contributed by atoms with Gasteiger partial charge in [0.15, 0.2) is 0 Å². The largest absolute Gasteiger partial charge is 0.489 e. The van der Waals surface area contributed by atoms with Gasteiger partial charge in [-0.1, -0.05) is 36.4 Å². The lowest BCUT2D eigenvalue weighted by Gasteiger charge is -2.09. The predicted octanol–water partition coefficient (Wildman–Crippen LogP) is 6.35. The lowest BCUT2D eigenvalue weighted by atomic mass is 9.99. The molecule has 3 aromatic rings. The number of benzene rings is 3. The van der Waals surface area contributed by atoms with Crippen LogP contribution >= 0.6 is 0 Å². The van der Waals surface area contributed by atoms with Crippen LogP contribution in [0.3, 0.4) is 0 Å². The quantitative estimate of drug-likeness (QED) is 0.508. The van der Waals surface area contributed by atoms with Crippen LogP contribution in [-0.4, -0.2) is 11.1 Å². The van der Waals surface area contributed by atoms with Crippen LogP contribution < -0.4 is 4.74 Å². The number of hydrogen-bond donors (Lipinski definition) is 1. The van der Waals surface area contributed by atoms with Gasteiger partial charge in [0, 0.05) is 11.6 Å². The van der Waals surface area contributed by atoms with Gasteiger partial charge in [0.1, 0.15) is 24.0 Å². The SMILES string of the molecule is CC1=C(CC(=O)O)c2cc(F)cc(F)c2/C1=C/c1cccc(COc2ccccc2)c1. The summed E-state index contributed by atoms with van der Waals surface area (Å²) in [4.78, 5) is 11.3. The van der Waals surface area contributed by atoms with Crippen molar-refractivity contribution < 1.29 is 23.4 Å². The molecule has 0 spiro atoms. The zero-order valence-corrected chi connectivity index (χ0v) is 16.9. The Balaban J connectivity index is 1.70. The second-order valence-corrected chi connectivity index (χ2v) is 7.39. The molecule has 1 aliphatic carbocycles. The second-order valence-electron chi connectivity index (χ2n) is 7.39. The molecule has 31 heavy (non-hydrogen) atoms. The van der Waals surface area contributed by atoms with Crippen molar-refractivity contribution in [1.82, 2.24) is 0 Å². The number of fused-ring (bicyclic) bond motifs is 1. The van der Waals surface area contributed by atoms with Crippen LogP contribution in [0.4, 0.5) is 8.78 Å². The van der Waals surface area contributed by atoms with Crippen molar-refractivity contribution in [3.05, 3.63) is 106 Å². The first-order valence-electron chi connectivity index (χ1n) is 9.82. The molecule has 5 heteroatoms. The average Bonchev–Trinajstić information content (AvgIpc) is 2.99. The zero-order chi connectivity index (χ0) is 22.0. The number of halogens is 2. The van der Waals surface area contributed by atoms with E-state index < -0.39 is 17.6 Å². The van der Waals surface area contributed by atoms with Crippen LogP contribution in [0.5, 0.6) is 5.75 Å². The monoisotopic (exact) mass is 418 g/mol. The molecule has 0 heterocycles. The molecular formula is C26H20F2O3. The van der Waals surface area contributed by atoms with Gasteiger partial charge in [-0.15, -0.1) is 0 Å². The third kappa shape index (κ3) is 4.40. The van der Waals surface area contributed by atoms with E-state index in [1.807, 2.05) is 54.6 Å². The van der Waals surface area contributed by atoms with Crippen LogP contribution in [0.1, 0.15) is 35.6 Å². The molecule has 156 valence electrons. The highest BCUT2D eigenvalue weighted by molar-refractivity contribution is 6.07. The normalized spacial score (nSPS) is 14.1. The molecular weight excluding hydrogens is 398 g/mol. The van der Waals surface area contributed by atoms with Crippen LogP contribution in [0.2, 0.25) is 0 Å². The molecule has 4 rings (SSSR count). The van der Waals surface area contributed by atoms with Gasteiger partial charge < -0.3 is 9.84 Å². The maximum atomic E-state index is 14.7. The summed E-state index contributed by atoms with van der Waals surface area (Å²) < 4.78 is 34.3. The Bertz CT molecular complexity index is 1210. The summed E-state index contributed by atoms with van der Waals surface area (Å²) in [6.45, 7) is 2.11. The first-order chi connectivity index (χ1) is 14.9. The number of para-hydroxylation sites is 1. The summed E-state index contributed by atoms with van der Waals surface area (Å²) in [6, 6.07) is 19.1. The molecule has 3 aromatic carbocycles. The van der Waals surface area contributed by atoms with Gasteiger partial charge in [0.2, 0.25) is 0 Å². The highest BCUT2D eigenvalue weighted by atomic mass is 19.1. The van der Waals surface area contributed by atoms with Gasteiger partial charge in [-0.05, 0) is 70.7 Å². The standard InChI is InChI=1S/C26H20F2O3/c1-16-21(14-25(29)30)23-12-19(27)13-24(28)26(23)22(16)11-17-6-5-7-18(10-17)15-31-20-8-3-2-4-9-20/h2-13H,14-15H2,1H3,(H,29,30)/b22-11+. The topological polar surface area (TPSA) is 46.5 Å². The van der Waals surface area contributed by atoms with E-state index in [2.05, 4.69) is 0 Å². The lowest BCUT2D eigenvalue weighted by molar-refractivity contribution is -0.135. The molecule has 0 atom stereocenters. The maximum Gasteiger partial charge on any atom is 0.307 e. The maximum absolute atomic E-state index is 14.7. The van der Waals surface area contributed by atoms with Gasteiger partial charge in [0.25, 0.3) is 0 Å². The number of carboxylic acids is 1. The number of rotatable bonds is 6. The van der Waals surface area contributed by atoms with Crippen LogP contribution in [0, 0.1) is 11.6 Å². The van der Waals surface area contributed by atoms with Crippen molar-refractivity contribution in [2.75, 3.05) is 0 Å². The minimum Gasteiger partial charge on any atom is -0.489 e. The summed E-state index contributed by atoms with van der Waals surface area (Å²) in [5.41, 5.74) is 3.90. The molecule has 0 fully saturated rings. The number of allylic oxidation sites excluding steroid dienone is 2. The Labute approximate surface area is 178 Å². The van der Waals surface area contributed by atoms with E-state index in [1.165, 1.54) is 6.07 Å². The van der Waals surface area contributed by atoms with E-state index in [4.69, 9.17) is 4.74 Å². The first-order valence-corrected chi connectivity index (χ1v) is 9.82. The Hall–Kier alpha value is -3.73. The fraction of sp³-hybridized carbons (Fsp3) is 0.115. The van der Waals surface area contributed by atoms with Gasteiger partial charge in [0.05, 0.1) is 6.42 Å². The van der Waals surface area contributed by atoms with Crippen molar-refractivity contribution in [3.8, 4) is 5.75 Å². The lowest BCUT2D eigenvalue weighted by Crippen LogP contribution is -1.98. The van der Waals surface area contributed by atoms with Crippen molar-refractivity contribution in [2.24, 2.45) is 0 Å².